The van der Waals surface area contributed by atoms with Crippen molar-refractivity contribution < 1.29 is 9.90 Å². The van der Waals surface area contributed by atoms with Crippen molar-refractivity contribution in [3.8, 4) is 0 Å². The number of aryl methyl sites for hydroxylation is 1. The molecular formula is C16H22N2O2S. The number of aromatic nitrogens is 2. The standard InChI is InChI=1S/C16H22N2O2S/c1-4-12(5-2)9-18-14-8-11(3)6-7-13(14)17-16(18)21-10-15(19)20/h6-8,12H,4-5,9-10H2,1-3H3,(H,19,20). The van der Waals surface area contributed by atoms with Gasteiger partial charge in [0.2, 0.25) is 0 Å². The lowest BCUT2D eigenvalue weighted by Crippen LogP contribution is -2.11. The number of aliphatic carboxylic acids is 1. The summed E-state index contributed by atoms with van der Waals surface area (Å²) in [6.45, 7) is 7.36. The number of nitrogens with zero attached hydrogens (tertiary/aromatic N) is 2. The summed E-state index contributed by atoms with van der Waals surface area (Å²) < 4.78 is 2.19. The number of rotatable bonds is 7. The van der Waals surface area contributed by atoms with E-state index in [1.54, 1.807) is 0 Å². The first-order valence-electron chi connectivity index (χ1n) is 7.36. The smallest absolute Gasteiger partial charge is 0.313 e. The Morgan fingerprint density at radius 3 is 2.71 bits per heavy atom. The molecule has 2 aromatic rings. The lowest BCUT2D eigenvalue weighted by molar-refractivity contribution is -0.133. The zero-order valence-electron chi connectivity index (χ0n) is 12.8. The van der Waals surface area contributed by atoms with E-state index >= 15 is 0 Å². The molecule has 0 fully saturated rings. The third-order valence-electron chi connectivity index (χ3n) is 3.79. The summed E-state index contributed by atoms with van der Waals surface area (Å²) in [7, 11) is 0. The Hall–Kier alpha value is -1.49. The van der Waals surface area contributed by atoms with Crippen LogP contribution in [-0.4, -0.2) is 26.4 Å². The quantitative estimate of drug-likeness (QED) is 0.787. The van der Waals surface area contributed by atoms with Crippen LogP contribution >= 0.6 is 11.8 Å². The van der Waals surface area contributed by atoms with Crippen molar-refractivity contribution in [2.75, 3.05) is 5.75 Å². The fraction of sp³-hybridized carbons (Fsp3) is 0.500. The Morgan fingerprint density at radius 2 is 2.10 bits per heavy atom. The zero-order chi connectivity index (χ0) is 15.4. The van der Waals surface area contributed by atoms with E-state index in [4.69, 9.17) is 5.11 Å². The summed E-state index contributed by atoms with van der Waals surface area (Å²) in [5.74, 6) is -0.171. The molecule has 1 aromatic heterocycles. The number of thioether (sulfide) groups is 1. The molecule has 0 radical (unpaired) electrons. The predicted molar refractivity (Wildman–Crippen MR) is 86.9 cm³/mol. The van der Waals surface area contributed by atoms with Crippen molar-refractivity contribution in [2.24, 2.45) is 5.92 Å². The maximum atomic E-state index is 10.8. The van der Waals surface area contributed by atoms with Gasteiger partial charge in [0.15, 0.2) is 5.16 Å². The van der Waals surface area contributed by atoms with Gasteiger partial charge in [-0.1, -0.05) is 44.5 Å². The fourth-order valence-electron chi connectivity index (χ4n) is 2.43. The Kier molecular flexibility index (Phi) is 5.28. The van der Waals surface area contributed by atoms with E-state index in [0.717, 1.165) is 35.6 Å². The van der Waals surface area contributed by atoms with Gasteiger partial charge in [-0.05, 0) is 30.5 Å². The summed E-state index contributed by atoms with van der Waals surface area (Å²) in [6, 6.07) is 6.19. The molecule has 0 amide bonds. The van der Waals surface area contributed by atoms with Crippen LogP contribution in [0.1, 0.15) is 32.3 Å². The number of carboxylic acid groups (broad SMARTS) is 1. The average Bonchev–Trinajstić information content (AvgIpc) is 2.79. The van der Waals surface area contributed by atoms with Gasteiger partial charge in [-0.25, -0.2) is 4.98 Å². The Labute approximate surface area is 129 Å². The van der Waals surface area contributed by atoms with E-state index in [1.165, 1.54) is 17.3 Å². The van der Waals surface area contributed by atoms with Gasteiger partial charge in [0.05, 0.1) is 16.8 Å². The minimum absolute atomic E-state index is 0.0468. The van der Waals surface area contributed by atoms with E-state index in [1.807, 2.05) is 12.1 Å². The number of hydrogen-bond donors (Lipinski definition) is 1. The van der Waals surface area contributed by atoms with Crippen molar-refractivity contribution in [3.63, 3.8) is 0 Å². The third-order valence-corrected chi connectivity index (χ3v) is 4.75. The lowest BCUT2D eigenvalue weighted by atomic mass is 10.0. The highest BCUT2D eigenvalue weighted by atomic mass is 32.2. The van der Waals surface area contributed by atoms with Crippen molar-refractivity contribution >= 4 is 28.8 Å². The molecule has 114 valence electrons. The predicted octanol–water partition coefficient (Wildman–Crippen LogP) is 3.96. The van der Waals surface area contributed by atoms with Crippen molar-refractivity contribution in [2.45, 2.75) is 45.3 Å². The highest BCUT2D eigenvalue weighted by Gasteiger charge is 2.15. The van der Waals surface area contributed by atoms with E-state index in [9.17, 15) is 4.79 Å². The minimum Gasteiger partial charge on any atom is -0.481 e. The molecule has 0 aliphatic heterocycles. The number of fused-ring (bicyclic) bond motifs is 1. The van der Waals surface area contributed by atoms with Gasteiger partial charge in [0.1, 0.15) is 0 Å². The zero-order valence-corrected chi connectivity index (χ0v) is 13.6. The van der Waals surface area contributed by atoms with E-state index in [0.29, 0.717) is 5.92 Å². The monoisotopic (exact) mass is 306 g/mol. The Balaban J connectivity index is 2.42. The van der Waals surface area contributed by atoms with Crippen LogP contribution in [0.5, 0.6) is 0 Å². The molecule has 2 rings (SSSR count). The van der Waals surface area contributed by atoms with Crippen LogP contribution in [0, 0.1) is 12.8 Å². The molecular weight excluding hydrogens is 284 g/mol. The van der Waals surface area contributed by atoms with Crippen LogP contribution in [-0.2, 0) is 11.3 Å². The molecule has 0 spiro atoms. The SMILES string of the molecule is CCC(CC)Cn1c(SCC(=O)O)nc2ccc(C)cc21. The van der Waals surface area contributed by atoms with Crippen molar-refractivity contribution in [3.05, 3.63) is 23.8 Å². The Morgan fingerprint density at radius 1 is 1.38 bits per heavy atom. The molecule has 0 bridgehead atoms. The topological polar surface area (TPSA) is 55.1 Å². The first kappa shape index (κ1) is 15.9. The molecule has 0 aliphatic rings. The average molecular weight is 306 g/mol. The van der Waals surface area contributed by atoms with Crippen LogP contribution in [0.2, 0.25) is 0 Å². The molecule has 0 saturated heterocycles. The van der Waals surface area contributed by atoms with Gasteiger partial charge in [-0.15, -0.1) is 0 Å². The van der Waals surface area contributed by atoms with Crippen LogP contribution in [0.15, 0.2) is 23.4 Å². The lowest BCUT2D eigenvalue weighted by Gasteiger charge is -2.16. The van der Waals surface area contributed by atoms with E-state index in [-0.39, 0.29) is 5.75 Å². The molecule has 21 heavy (non-hydrogen) atoms. The van der Waals surface area contributed by atoms with Gasteiger partial charge in [0.25, 0.3) is 0 Å². The van der Waals surface area contributed by atoms with Crippen LogP contribution < -0.4 is 0 Å². The van der Waals surface area contributed by atoms with Crippen LogP contribution in [0.3, 0.4) is 0 Å². The van der Waals surface area contributed by atoms with E-state index < -0.39 is 5.97 Å². The highest BCUT2D eigenvalue weighted by Crippen LogP contribution is 2.27. The van der Waals surface area contributed by atoms with Crippen molar-refractivity contribution in [1.82, 2.24) is 9.55 Å². The summed E-state index contributed by atoms with van der Waals surface area (Å²) >= 11 is 1.30. The molecule has 1 N–H and O–H groups in total. The molecule has 0 atom stereocenters. The van der Waals surface area contributed by atoms with Crippen molar-refractivity contribution in [1.29, 1.82) is 0 Å². The number of benzene rings is 1. The van der Waals surface area contributed by atoms with Gasteiger partial charge in [-0.3, -0.25) is 4.79 Å². The van der Waals surface area contributed by atoms with E-state index in [2.05, 4.69) is 36.4 Å². The normalized spacial score (nSPS) is 11.4. The second-order valence-corrected chi connectivity index (χ2v) is 6.30. The number of imidazole rings is 1. The number of carbonyl (C=O) groups is 1. The first-order valence-corrected chi connectivity index (χ1v) is 8.35. The van der Waals surface area contributed by atoms with Crippen LogP contribution in [0.25, 0.3) is 11.0 Å². The largest absolute Gasteiger partial charge is 0.481 e. The third kappa shape index (κ3) is 3.79. The summed E-state index contributed by atoms with van der Waals surface area (Å²) in [5.41, 5.74) is 3.25. The molecule has 4 nitrogen and oxygen atoms in total. The van der Waals surface area contributed by atoms with Gasteiger partial charge in [-0.2, -0.15) is 0 Å². The first-order chi connectivity index (χ1) is 10.0. The molecule has 0 aliphatic carbocycles. The Bertz CT molecular complexity index is 632. The second kappa shape index (κ2) is 6.98. The summed E-state index contributed by atoms with van der Waals surface area (Å²) in [5, 5.41) is 9.71. The maximum Gasteiger partial charge on any atom is 0.313 e. The van der Waals surface area contributed by atoms with Gasteiger partial charge < -0.3 is 9.67 Å². The van der Waals surface area contributed by atoms with Crippen LogP contribution in [0.4, 0.5) is 0 Å². The van der Waals surface area contributed by atoms with Gasteiger partial charge in [0, 0.05) is 6.54 Å². The fourth-order valence-corrected chi connectivity index (χ4v) is 3.17. The number of carboxylic acids is 1. The molecule has 5 heteroatoms. The summed E-state index contributed by atoms with van der Waals surface area (Å²) in [4.78, 5) is 15.4. The molecule has 0 unspecified atom stereocenters. The molecule has 1 aromatic carbocycles. The number of hydrogen-bond acceptors (Lipinski definition) is 3. The summed E-state index contributed by atoms with van der Waals surface area (Å²) in [6.07, 6.45) is 2.23. The second-order valence-electron chi connectivity index (χ2n) is 5.36. The maximum absolute atomic E-state index is 10.8. The highest BCUT2D eigenvalue weighted by molar-refractivity contribution is 7.99. The molecule has 0 saturated carbocycles. The minimum atomic E-state index is -0.808. The molecule has 1 heterocycles. The van der Waals surface area contributed by atoms with Gasteiger partial charge >= 0.3 is 5.97 Å².